The minimum absolute atomic E-state index is 0.135. The van der Waals surface area contributed by atoms with E-state index in [1.54, 1.807) is 18.3 Å². The Morgan fingerprint density at radius 2 is 1.71 bits per heavy atom. The van der Waals surface area contributed by atoms with Gasteiger partial charge in [-0.25, -0.2) is 8.78 Å². The van der Waals surface area contributed by atoms with Crippen LogP contribution in [-0.4, -0.2) is 16.8 Å². The lowest BCUT2D eigenvalue weighted by atomic mass is 9.94. The summed E-state index contributed by atoms with van der Waals surface area (Å²) < 4.78 is 25.5. The third-order valence-electron chi connectivity index (χ3n) is 5.29. The summed E-state index contributed by atoms with van der Waals surface area (Å²) in [5.74, 6) is -0.911. The van der Waals surface area contributed by atoms with Crippen molar-refractivity contribution < 1.29 is 18.4 Å². The number of nitrogens with one attached hydrogen (secondary N) is 2. The Morgan fingerprint density at radius 3 is 2.39 bits per heavy atom. The Labute approximate surface area is 176 Å². The quantitative estimate of drug-likeness (QED) is 0.403. The number of benzene rings is 3. The summed E-state index contributed by atoms with van der Waals surface area (Å²) in [5, 5.41) is 3.69. The van der Waals surface area contributed by atoms with Gasteiger partial charge in [0.25, 0.3) is 18.2 Å². The molecule has 0 aliphatic carbocycles. The van der Waals surface area contributed by atoms with Crippen LogP contribution in [0, 0.1) is 6.92 Å². The number of aromatic amines is 1. The Balaban J connectivity index is 1.69. The summed E-state index contributed by atoms with van der Waals surface area (Å²) in [6.45, 7) is 1.88. The molecule has 156 valence electrons. The molecule has 0 aliphatic rings. The van der Waals surface area contributed by atoms with E-state index in [0.717, 1.165) is 22.1 Å². The van der Waals surface area contributed by atoms with Crippen LogP contribution in [0.1, 0.15) is 38.3 Å². The van der Waals surface area contributed by atoms with Crippen molar-refractivity contribution in [3.63, 3.8) is 0 Å². The number of H-pyrrole nitrogens is 1. The zero-order valence-corrected chi connectivity index (χ0v) is 16.6. The van der Waals surface area contributed by atoms with E-state index in [4.69, 9.17) is 5.73 Å². The van der Waals surface area contributed by atoms with Gasteiger partial charge in [0.15, 0.2) is 0 Å². The minimum Gasteiger partial charge on any atom is -0.366 e. The van der Waals surface area contributed by atoms with Crippen LogP contribution in [0.5, 0.6) is 0 Å². The highest BCUT2D eigenvalue weighted by molar-refractivity contribution is 6.10. The number of aromatic nitrogens is 1. The van der Waals surface area contributed by atoms with Crippen molar-refractivity contribution in [3.05, 3.63) is 89.1 Å². The van der Waals surface area contributed by atoms with Crippen LogP contribution >= 0.6 is 0 Å². The number of anilines is 1. The molecule has 7 heteroatoms. The van der Waals surface area contributed by atoms with Crippen molar-refractivity contribution in [3.8, 4) is 11.1 Å². The predicted molar refractivity (Wildman–Crippen MR) is 116 cm³/mol. The molecule has 0 saturated heterocycles. The van der Waals surface area contributed by atoms with Gasteiger partial charge in [0, 0.05) is 28.4 Å². The van der Waals surface area contributed by atoms with Crippen LogP contribution in [0.2, 0.25) is 0 Å². The molecular formula is C24H19F2N3O2. The number of primary amides is 1. The van der Waals surface area contributed by atoms with Gasteiger partial charge in [-0.05, 0) is 53.9 Å². The molecule has 0 atom stereocenters. The number of alkyl halides is 2. The molecule has 2 amide bonds. The van der Waals surface area contributed by atoms with Crippen molar-refractivity contribution >= 4 is 28.4 Å². The maximum atomic E-state index is 12.7. The maximum absolute atomic E-state index is 12.7. The number of halogens is 2. The second-order valence-electron chi connectivity index (χ2n) is 7.15. The third kappa shape index (κ3) is 3.77. The molecule has 0 fully saturated rings. The van der Waals surface area contributed by atoms with Crippen LogP contribution in [0.3, 0.4) is 0 Å². The van der Waals surface area contributed by atoms with Crippen molar-refractivity contribution in [2.45, 2.75) is 13.3 Å². The standard InChI is InChI=1S/C24H19F2N3O2/c1-13-16(17-9-10-19(23(27)30)21-18(17)11-12-28-21)3-2-4-20(13)29-24(31)15-7-5-14(6-8-15)22(25)26/h2-12,22,28H,1H3,(H2,27,30)(H,29,31). The van der Waals surface area contributed by atoms with E-state index >= 15 is 0 Å². The molecular weight excluding hydrogens is 400 g/mol. The molecule has 31 heavy (non-hydrogen) atoms. The molecule has 0 spiro atoms. The molecule has 0 unspecified atom stereocenters. The number of carbonyl (C=O) groups is 2. The molecule has 0 saturated carbocycles. The molecule has 0 aliphatic heterocycles. The van der Waals surface area contributed by atoms with Gasteiger partial charge < -0.3 is 16.0 Å². The van der Waals surface area contributed by atoms with E-state index in [9.17, 15) is 18.4 Å². The predicted octanol–water partition coefficient (Wildman–Crippen LogP) is 5.43. The molecule has 4 aromatic rings. The zero-order valence-electron chi connectivity index (χ0n) is 16.6. The molecule has 5 nitrogen and oxygen atoms in total. The lowest BCUT2D eigenvalue weighted by molar-refractivity contribution is 0.0999. The molecule has 4 rings (SSSR count). The minimum atomic E-state index is -2.58. The van der Waals surface area contributed by atoms with E-state index in [0.29, 0.717) is 16.8 Å². The normalized spacial score (nSPS) is 11.1. The first-order valence-corrected chi connectivity index (χ1v) is 9.56. The van der Waals surface area contributed by atoms with Crippen LogP contribution < -0.4 is 11.1 Å². The lowest BCUT2D eigenvalue weighted by Crippen LogP contribution is -2.13. The average Bonchev–Trinajstić information content (AvgIpc) is 3.24. The highest BCUT2D eigenvalue weighted by atomic mass is 19.3. The van der Waals surface area contributed by atoms with Gasteiger partial charge in [-0.2, -0.15) is 0 Å². The van der Waals surface area contributed by atoms with Gasteiger partial charge in [0.05, 0.1) is 11.1 Å². The Morgan fingerprint density at radius 1 is 0.968 bits per heavy atom. The third-order valence-corrected chi connectivity index (χ3v) is 5.29. The smallest absolute Gasteiger partial charge is 0.263 e. The van der Waals surface area contributed by atoms with E-state index in [1.807, 2.05) is 31.2 Å². The second kappa shape index (κ2) is 8.02. The Hall–Kier alpha value is -4.00. The van der Waals surface area contributed by atoms with Crippen molar-refractivity contribution in [2.24, 2.45) is 5.73 Å². The first-order valence-electron chi connectivity index (χ1n) is 9.56. The first-order chi connectivity index (χ1) is 14.9. The topological polar surface area (TPSA) is 88.0 Å². The van der Waals surface area contributed by atoms with Crippen molar-refractivity contribution in [1.29, 1.82) is 0 Å². The van der Waals surface area contributed by atoms with E-state index in [-0.39, 0.29) is 11.1 Å². The monoisotopic (exact) mass is 419 g/mol. The molecule has 0 bridgehead atoms. The number of nitrogens with two attached hydrogens (primary N) is 1. The number of hydrogen-bond donors (Lipinski definition) is 3. The van der Waals surface area contributed by atoms with Gasteiger partial charge in [-0.3, -0.25) is 9.59 Å². The lowest BCUT2D eigenvalue weighted by Gasteiger charge is -2.14. The summed E-state index contributed by atoms with van der Waals surface area (Å²) in [5.41, 5.74) is 9.87. The van der Waals surface area contributed by atoms with Crippen LogP contribution in [0.25, 0.3) is 22.0 Å². The fourth-order valence-electron chi connectivity index (χ4n) is 3.63. The van der Waals surface area contributed by atoms with Gasteiger partial charge in [-0.1, -0.05) is 30.3 Å². The average molecular weight is 419 g/mol. The summed E-state index contributed by atoms with van der Waals surface area (Å²) in [6.07, 6.45) is -0.841. The molecule has 1 aromatic heterocycles. The number of rotatable bonds is 5. The number of amides is 2. The Bertz CT molecular complexity index is 1290. The van der Waals surface area contributed by atoms with Gasteiger partial charge >= 0.3 is 0 Å². The van der Waals surface area contributed by atoms with Crippen molar-refractivity contribution in [2.75, 3.05) is 5.32 Å². The van der Waals surface area contributed by atoms with Gasteiger partial charge in [-0.15, -0.1) is 0 Å². The molecule has 4 N–H and O–H groups in total. The highest BCUT2D eigenvalue weighted by Gasteiger charge is 2.16. The van der Waals surface area contributed by atoms with Crippen molar-refractivity contribution in [1.82, 2.24) is 4.98 Å². The van der Waals surface area contributed by atoms with E-state index < -0.39 is 18.2 Å². The molecule has 3 aromatic carbocycles. The van der Waals surface area contributed by atoms with Crippen LogP contribution in [-0.2, 0) is 0 Å². The second-order valence-corrected chi connectivity index (χ2v) is 7.15. The van der Waals surface area contributed by atoms with Crippen LogP contribution in [0.4, 0.5) is 14.5 Å². The summed E-state index contributed by atoms with van der Waals surface area (Å²) in [6, 6.07) is 16.1. The number of hydrogen-bond acceptors (Lipinski definition) is 2. The van der Waals surface area contributed by atoms with Gasteiger partial charge in [0.1, 0.15) is 0 Å². The molecule has 1 heterocycles. The fraction of sp³-hybridized carbons (Fsp3) is 0.0833. The van der Waals surface area contributed by atoms with Crippen LogP contribution in [0.15, 0.2) is 66.9 Å². The van der Waals surface area contributed by atoms with E-state index in [1.165, 1.54) is 24.3 Å². The number of carbonyl (C=O) groups excluding carboxylic acids is 2. The Kier molecular flexibility index (Phi) is 5.25. The van der Waals surface area contributed by atoms with Gasteiger partial charge in [0.2, 0.25) is 0 Å². The fourth-order valence-corrected chi connectivity index (χ4v) is 3.63. The zero-order chi connectivity index (χ0) is 22.1. The summed E-state index contributed by atoms with van der Waals surface area (Å²) in [4.78, 5) is 27.4. The largest absolute Gasteiger partial charge is 0.366 e. The number of fused-ring (bicyclic) bond motifs is 1. The van der Waals surface area contributed by atoms with E-state index in [2.05, 4.69) is 10.3 Å². The summed E-state index contributed by atoms with van der Waals surface area (Å²) in [7, 11) is 0. The first kappa shape index (κ1) is 20.3. The molecule has 0 radical (unpaired) electrons. The highest BCUT2D eigenvalue weighted by Crippen LogP contribution is 2.35. The maximum Gasteiger partial charge on any atom is 0.263 e. The summed E-state index contributed by atoms with van der Waals surface area (Å²) >= 11 is 0. The SMILES string of the molecule is Cc1c(NC(=O)c2ccc(C(F)F)cc2)cccc1-c1ccc(C(N)=O)c2[nH]ccc12.